The van der Waals surface area contributed by atoms with E-state index in [4.69, 9.17) is 11.6 Å². The molecule has 0 aromatic heterocycles. The highest BCUT2D eigenvalue weighted by Crippen LogP contribution is 2.27. The first-order valence-electron chi connectivity index (χ1n) is 9.92. The number of imide groups is 1. The van der Waals surface area contributed by atoms with Gasteiger partial charge in [0.25, 0.3) is 0 Å². The number of nitrogens with one attached hydrogen (secondary N) is 2. The second-order valence-corrected chi connectivity index (χ2v) is 8.13. The first-order chi connectivity index (χ1) is 13.5. The number of likely N-dealkylation sites (tertiary alicyclic amines) is 1. The molecule has 0 aliphatic carbocycles. The zero-order chi connectivity index (χ0) is 19.7. The van der Waals surface area contributed by atoms with Crippen molar-refractivity contribution in [3.8, 4) is 0 Å². The lowest BCUT2D eigenvalue weighted by molar-refractivity contribution is -0.140. The smallest absolute Gasteiger partial charge is 0.325 e. The third-order valence-electron chi connectivity index (χ3n) is 5.99. The minimum absolute atomic E-state index is 0.0255. The molecule has 3 fully saturated rings. The second kappa shape index (κ2) is 8.09. The van der Waals surface area contributed by atoms with Crippen LogP contribution in [0.15, 0.2) is 24.3 Å². The fraction of sp³-hybridized carbons (Fsp3) is 0.550. The minimum atomic E-state index is -0.318. The predicted molar refractivity (Wildman–Crippen MR) is 105 cm³/mol. The van der Waals surface area contributed by atoms with Gasteiger partial charge in [-0.1, -0.05) is 29.8 Å². The molecule has 4 rings (SSSR count). The summed E-state index contributed by atoms with van der Waals surface area (Å²) in [6, 6.07) is 6.88. The lowest BCUT2D eigenvalue weighted by Gasteiger charge is -2.45. The average Bonchev–Trinajstić information content (AvgIpc) is 2.70. The average molecular weight is 405 g/mol. The molecule has 0 saturated carbocycles. The molecule has 2 N–H and O–H groups in total. The Balaban J connectivity index is 1.36. The third kappa shape index (κ3) is 3.73. The number of rotatable bonds is 3. The van der Waals surface area contributed by atoms with Gasteiger partial charge in [0.1, 0.15) is 0 Å². The van der Waals surface area contributed by atoms with Crippen LogP contribution in [0.5, 0.6) is 0 Å². The number of carbonyl (C=O) groups excluding carboxylic acids is 3. The summed E-state index contributed by atoms with van der Waals surface area (Å²) >= 11 is 6.16. The van der Waals surface area contributed by atoms with Crippen LogP contribution in [0.1, 0.15) is 31.2 Å². The number of hydrogen-bond acceptors (Lipinski definition) is 4. The van der Waals surface area contributed by atoms with Gasteiger partial charge in [0, 0.05) is 24.2 Å². The highest BCUT2D eigenvalue weighted by molar-refractivity contribution is 6.31. The molecule has 3 aliphatic heterocycles. The molecule has 150 valence electrons. The standard InChI is InChI=1S/C20H25ClN4O3/c21-16-6-2-1-4-13(16)12-17(26)24-10-7-14(8-11-24)25-19(27)15-5-3-9-22-18(15)23-20(25)28/h1-2,4,6,14-15,18,22H,3,5,7-12H2,(H,23,28). The van der Waals surface area contributed by atoms with E-state index >= 15 is 0 Å². The van der Waals surface area contributed by atoms with Crippen LogP contribution in [-0.4, -0.2) is 59.5 Å². The number of amides is 4. The van der Waals surface area contributed by atoms with E-state index in [1.54, 1.807) is 11.0 Å². The fourth-order valence-corrected chi connectivity index (χ4v) is 4.63. The maximum Gasteiger partial charge on any atom is 0.325 e. The molecule has 0 spiro atoms. The van der Waals surface area contributed by atoms with Gasteiger partial charge in [-0.3, -0.25) is 19.8 Å². The van der Waals surface area contributed by atoms with E-state index in [2.05, 4.69) is 10.6 Å². The number of urea groups is 1. The topological polar surface area (TPSA) is 81.8 Å². The van der Waals surface area contributed by atoms with Crippen molar-refractivity contribution in [1.82, 2.24) is 20.4 Å². The molecule has 3 saturated heterocycles. The highest BCUT2D eigenvalue weighted by atomic mass is 35.5. The van der Waals surface area contributed by atoms with Crippen LogP contribution in [-0.2, 0) is 16.0 Å². The van der Waals surface area contributed by atoms with Crippen molar-refractivity contribution in [3.05, 3.63) is 34.9 Å². The Bertz CT molecular complexity index is 778. The Morgan fingerprint density at radius 3 is 2.64 bits per heavy atom. The van der Waals surface area contributed by atoms with Gasteiger partial charge in [-0.2, -0.15) is 0 Å². The van der Waals surface area contributed by atoms with Crippen molar-refractivity contribution < 1.29 is 14.4 Å². The van der Waals surface area contributed by atoms with Gasteiger partial charge in [0.2, 0.25) is 11.8 Å². The fourth-order valence-electron chi connectivity index (χ4n) is 4.42. The molecule has 0 radical (unpaired) electrons. The van der Waals surface area contributed by atoms with Crippen molar-refractivity contribution >= 4 is 29.4 Å². The molecule has 3 aliphatic rings. The normalized spacial score (nSPS) is 26.0. The molecule has 0 bridgehead atoms. The van der Waals surface area contributed by atoms with Crippen molar-refractivity contribution in [3.63, 3.8) is 0 Å². The molecular formula is C20H25ClN4O3. The molecule has 8 heteroatoms. The number of carbonyl (C=O) groups is 3. The molecule has 7 nitrogen and oxygen atoms in total. The first-order valence-corrected chi connectivity index (χ1v) is 10.3. The number of piperidine rings is 2. The summed E-state index contributed by atoms with van der Waals surface area (Å²) in [5.41, 5.74) is 0.817. The molecule has 2 atom stereocenters. The van der Waals surface area contributed by atoms with Crippen LogP contribution >= 0.6 is 11.6 Å². The van der Waals surface area contributed by atoms with E-state index < -0.39 is 0 Å². The van der Waals surface area contributed by atoms with Gasteiger partial charge < -0.3 is 10.2 Å². The zero-order valence-electron chi connectivity index (χ0n) is 15.7. The summed E-state index contributed by atoms with van der Waals surface area (Å²) in [7, 11) is 0. The number of nitrogens with zero attached hydrogens (tertiary/aromatic N) is 2. The number of halogens is 1. The molecular weight excluding hydrogens is 380 g/mol. The summed E-state index contributed by atoms with van der Waals surface area (Å²) in [6.45, 7) is 1.90. The van der Waals surface area contributed by atoms with Gasteiger partial charge in [0.15, 0.2) is 0 Å². The van der Waals surface area contributed by atoms with Crippen LogP contribution in [0.25, 0.3) is 0 Å². The third-order valence-corrected chi connectivity index (χ3v) is 6.36. The number of benzene rings is 1. The Hall–Kier alpha value is -2.12. The van der Waals surface area contributed by atoms with Gasteiger partial charge in [-0.15, -0.1) is 0 Å². The van der Waals surface area contributed by atoms with E-state index in [0.29, 0.717) is 31.0 Å². The summed E-state index contributed by atoms with van der Waals surface area (Å²) in [5.74, 6) is -0.245. The molecule has 3 heterocycles. The van der Waals surface area contributed by atoms with Crippen LogP contribution < -0.4 is 10.6 Å². The first kappa shape index (κ1) is 19.2. The quantitative estimate of drug-likeness (QED) is 0.804. The van der Waals surface area contributed by atoms with E-state index in [0.717, 1.165) is 24.9 Å². The van der Waals surface area contributed by atoms with Gasteiger partial charge in [-0.25, -0.2) is 4.79 Å². The van der Waals surface area contributed by atoms with E-state index in [9.17, 15) is 14.4 Å². The molecule has 1 aromatic rings. The van der Waals surface area contributed by atoms with Gasteiger partial charge in [-0.05, 0) is 43.9 Å². The monoisotopic (exact) mass is 404 g/mol. The van der Waals surface area contributed by atoms with E-state index in [-0.39, 0.29) is 42.4 Å². The lowest BCUT2D eigenvalue weighted by Crippen LogP contribution is -2.68. The maximum absolute atomic E-state index is 12.9. The van der Waals surface area contributed by atoms with Gasteiger partial charge >= 0.3 is 6.03 Å². The minimum Gasteiger partial charge on any atom is -0.342 e. The summed E-state index contributed by atoms with van der Waals surface area (Å²) < 4.78 is 0. The Morgan fingerprint density at radius 2 is 1.89 bits per heavy atom. The summed E-state index contributed by atoms with van der Waals surface area (Å²) in [5, 5.41) is 6.74. The summed E-state index contributed by atoms with van der Waals surface area (Å²) in [4.78, 5) is 41.2. The van der Waals surface area contributed by atoms with Crippen molar-refractivity contribution in [1.29, 1.82) is 0 Å². The van der Waals surface area contributed by atoms with Gasteiger partial charge in [0.05, 0.1) is 18.5 Å². The Kier molecular flexibility index (Phi) is 5.55. The summed E-state index contributed by atoms with van der Waals surface area (Å²) in [6.07, 6.45) is 2.97. The Morgan fingerprint density at radius 1 is 1.14 bits per heavy atom. The Labute approximate surface area is 169 Å². The molecule has 28 heavy (non-hydrogen) atoms. The van der Waals surface area contributed by atoms with Crippen LogP contribution in [0.3, 0.4) is 0 Å². The predicted octanol–water partition coefficient (Wildman–Crippen LogP) is 1.75. The zero-order valence-corrected chi connectivity index (χ0v) is 16.5. The molecule has 2 unspecified atom stereocenters. The lowest BCUT2D eigenvalue weighted by atomic mass is 9.90. The second-order valence-electron chi connectivity index (χ2n) is 7.72. The van der Waals surface area contributed by atoms with Crippen molar-refractivity contribution in [2.45, 2.75) is 44.3 Å². The van der Waals surface area contributed by atoms with Crippen molar-refractivity contribution in [2.24, 2.45) is 5.92 Å². The van der Waals surface area contributed by atoms with E-state index in [1.165, 1.54) is 4.90 Å². The number of hydrogen-bond donors (Lipinski definition) is 2. The van der Waals surface area contributed by atoms with Crippen molar-refractivity contribution in [2.75, 3.05) is 19.6 Å². The number of fused-ring (bicyclic) bond motifs is 1. The molecule has 1 aromatic carbocycles. The SMILES string of the molecule is O=C(Cc1ccccc1Cl)N1CCC(N2C(=O)NC3NCCCC3C2=O)CC1. The van der Waals surface area contributed by atoms with E-state index in [1.807, 2.05) is 18.2 Å². The van der Waals surface area contributed by atoms with Crippen LogP contribution in [0.4, 0.5) is 4.79 Å². The largest absolute Gasteiger partial charge is 0.342 e. The van der Waals surface area contributed by atoms with Crippen LogP contribution in [0, 0.1) is 5.92 Å². The highest BCUT2D eigenvalue weighted by Gasteiger charge is 2.45. The maximum atomic E-state index is 12.9. The molecule has 4 amide bonds. The van der Waals surface area contributed by atoms with Crippen LogP contribution in [0.2, 0.25) is 5.02 Å².